The van der Waals surface area contributed by atoms with Gasteiger partial charge < -0.3 is 0 Å². The van der Waals surface area contributed by atoms with E-state index in [2.05, 4.69) is 31.4 Å². The van der Waals surface area contributed by atoms with Crippen molar-refractivity contribution in [2.45, 2.75) is 26.3 Å². The fraction of sp³-hybridized carbons (Fsp3) is 0.385. The first kappa shape index (κ1) is 14.2. The average Bonchev–Trinajstić information content (AvgIpc) is 2.63. The zero-order valence-electron chi connectivity index (χ0n) is 11.3. The van der Waals surface area contributed by atoms with Gasteiger partial charge in [-0.25, -0.2) is 0 Å². The highest BCUT2D eigenvalue weighted by Crippen LogP contribution is 2.26. The average molecular weight is 324 g/mol. The zero-order valence-corrected chi connectivity index (χ0v) is 12.9. The highest BCUT2D eigenvalue weighted by Gasteiger charge is 2.19. The lowest BCUT2D eigenvalue weighted by Crippen LogP contribution is -2.31. The molecule has 0 aromatic carbocycles. The number of hydrogen-bond acceptors (Lipinski definition) is 4. The minimum Gasteiger partial charge on any atom is -0.271 e. The van der Waals surface area contributed by atoms with Gasteiger partial charge in [0.05, 0.1) is 27.6 Å². The molecule has 2 aromatic heterocycles. The lowest BCUT2D eigenvalue weighted by atomic mass is 10.0. The number of hydrogen-bond donors (Lipinski definition) is 2. The number of nitrogens with zero attached hydrogens (tertiary/aromatic N) is 3. The molecule has 0 radical (unpaired) electrons. The van der Waals surface area contributed by atoms with Crippen molar-refractivity contribution in [3.63, 3.8) is 0 Å². The van der Waals surface area contributed by atoms with Crippen LogP contribution < -0.4 is 11.3 Å². The molecule has 0 aliphatic heterocycles. The summed E-state index contributed by atoms with van der Waals surface area (Å²) in [7, 11) is 1.94. The molecule has 0 amide bonds. The Morgan fingerprint density at radius 2 is 2.21 bits per heavy atom. The predicted octanol–water partition coefficient (Wildman–Crippen LogP) is 1.94. The summed E-state index contributed by atoms with van der Waals surface area (Å²) in [4.78, 5) is 4.42. The Bertz CT molecular complexity index is 578. The first-order valence-electron chi connectivity index (χ1n) is 6.10. The number of rotatable bonds is 4. The SMILES string of the molecule is Cc1cccnc1C(Cc1c(Br)c(C)nn1C)NN. The Labute approximate surface area is 121 Å². The number of aryl methyl sites for hydroxylation is 3. The predicted molar refractivity (Wildman–Crippen MR) is 78.4 cm³/mol. The number of hydrazine groups is 1. The third-order valence-electron chi connectivity index (χ3n) is 3.24. The van der Waals surface area contributed by atoms with Crippen LogP contribution in [0.15, 0.2) is 22.8 Å². The van der Waals surface area contributed by atoms with Gasteiger partial charge in [-0.15, -0.1) is 0 Å². The number of nitrogens with one attached hydrogen (secondary N) is 1. The Morgan fingerprint density at radius 1 is 1.47 bits per heavy atom. The molecule has 0 bridgehead atoms. The molecule has 0 aliphatic rings. The zero-order chi connectivity index (χ0) is 14.0. The molecule has 1 unspecified atom stereocenters. The summed E-state index contributed by atoms with van der Waals surface area (Å²) in [5.74, 6) is 5.69. The molecule has 2 rings (SSSR count). The molecule has 19 heavy (non-hydrogen) atoms. The highest BCUT2D eigenvalue weighted by molar-refractivity contribution is 9.10. The first-order valence-corrected chi connectivity index (χ1v) is 6.89. The van der Waals surface area contributed by atoms with Gasteiger partial charge >= 0.3 is 0 Å². The van der Waals surface area contributed by atoms with Crippen LogP contribution in [0.2, 0.25) is 0 Å². The molecule has 6 heteroatoms. The number of aromatic nitrogens is 3. The minimum atomic E-state index is -0.0349. The summed E-state index contributed by atoms with van der Waals surface area (Å²) in [6, 6.07) is 3.93. The molecule has 0 fully saturated rings. The maximum atomic E-state index is 5.69. The summed E-state index contributed by atoms with van der Waals surface area (Å²) in [6.07, 6.45) is 2.52. The van der Waals surface area contributed by atoms with Crippen LogP contribution in [0.5, 0.6) is 0 Å². The Hall–Kier alpha value is -1.24. The van der Waals surface area contributed by atoms with Crippen molar-refractivity contribution in [2.75, 3.05) is 0 Å². The summed E-state index contributed by atoms with van der Waals surface area (Å²) in [6.45, 7) is 4.01. The van der Waals surface area contributed by atoms with Gasteiger partial charge in [0.2, 0.25) is 0 Å². The largest absolute Gasteiger partial charge is 0.271 e. The maximum absolute atomic E-state index is 5.69. The first-order chi connectivity index (χ1) is 9.04. The Kier molecular flexibility index (Phi) is 4.34. The molecular weight excluding hydrogens is 306 g/mol. The van der Waals surface area contributed by atoms with Gasteiger partial charge in [-0.2, -0.15) is 5.10 Å². The fourth-order valence-electron chi connectivity index (χ4n) is 2.19. The quantitative estimate of drug-likeness (QED) is 0.666. The summed E-state index contributed by atoms with van der Waals surface area (Å²) in [5.41, 5.74) is 7.02. The topological polar surface area (TPSA) is 68.8 Å². The summed E-state index contributed by atoms with van der Waals surface area (Å²) in [5, 5.41) is 4.39. The van der Waals surface area contributed by atoms with Crippen molar-refractivity contribution < 1.29 is 0 Å². The monoisotopic (exact) mass is 323 g/mol. The van der Waals surface area contributed by atoms with Crippen LogP contribution in [-0.4, -0.2) is 14.8 Å². The van der Waals surface area contributed by atoms with Crippen molar-refractivity contribution in [1.82, 2.24) is 20.2 Å². The van der Waals surface area contributed by atoms with Crippen LogP contribution in [-0.2, 0) is 13.5 Å². The van der Waals surface area contributed by atoms with Crippen molar-refractivity contribution in [1.29, 1.82) is 0 Å². The maximum Gasteiger partial charge on any atom is 0.0738 e. The second-order valence-corrected chi connectivity index (χ2v) is 5.39. The minimum absolute atomic E-state index is 0.0349. The van der Waals surface area contributed by atoms with Crippen LogP contribution in [0.1, 0.15) is 28.7 Å². The molecule has 2 aromatic rings. The van der Waals surface area contributed by atoms with Gasteiger partial charge in [0, 0.05) is 19.7 Å². The molecule has 1 atom stereocenters. The van der Waals surface area contributed by atoms with Gasteiger partial charge in [-0.05, 0) is 41.4 Å². The van der Waals surface area contributed by atoms with Crippen LogP contribution in [0.25, 0.3) is 0 Å². The van der Waals surface area contributed by atoms with Gasteiger partial charge in [0.1, 0.15) is 0 Å². The summed E-state index contributed by atoms with van der Waals surface area (Å²) >= 11 is 3.58. The van der Waals surface area contributed by atoms with E-state index < -0.39 is 0 Å². The molecule has 0 aliphatic carbocycles. The van der Waals surface area contributed by atoms with E-state index in [0.717, 1.165) is 33.5 Å². The number of nitrogens with two attached hydrogens (primary N) is 1. The van der Waals surface area contributed by atoms with Crippen molar-refractivity contribution in [3.05, 3.63) is 45.4 Å². The second kappa shape index (κ2) is 5.81. The highest BCUT2D eigenvalue weighted by atomic mass is 79.9. The van der Waals surface area contributed by atoms with Crippen molar-refractivity contribution >= 4 is 15.9 Å². The molecule has 102 valence electrons. The van der Waals surface area contributed by atoms with Crippen LogP contribution in [0.3, 0.4) is 0 Å². The molecule has 0 saturated heterocycles. The van der Waals surface area contributed by atoms with Gasteiger partial charge in [0.15, 0.2) is 0 Å². The Morgan fingerprint density at radius 3 is 2.74 bits per heavy atom. The molecule has 5 nitrogen and oxygen atoms in total. The third kappa shape index (κ3) is 2.86. The van der Waals surface area contributed by atoms with E-state index in [9.17, 15) is 0 Å². The molecule has 2 heterocycles. The van der Waals surface area contributed by atoms with E-state index in [1.165, 1.54) is 0 Å². The van der Waals surface area contributed by atoms with Crippen LogP contribution in [0.4, 0.5) is 0 Å². The molecular formula is C13H18BrN5. The lowest BCUT2D eigenvalue weighted by molar-refractivity contribution is 0.515. The van der Waals surface area contributed by atoms with E-state index in [1.54, 1.807) is 6.20 Å². The van der Waals surface area contributed by atoms with Crippen molar-refractivity contribution in [3.8, 4) is 0 Å². The van der Waals surface area contributed by atoms with Gasteiger partial charge in [-0.3, -0.25) is 20.9 Å². The lowest BCUT2D eigenvalue weighted by Gasteiger charge is -2.17. The molecule has 3 N–H and O–H groups in total. The molecule has 0 spiro atoms. The third-order valence-corrected chi connectivity index (χ3v) is 4.27. The fourth-order valence-corrected chi connectivity index (χ4v) is 2.69. The summed E-state index contributed by atoms with van der Waals surface area (Å²) < 4.78 is 2.91. The van der Waals surface area contributed by atoms with E-state index in [4.69, 9.17) is 5.84 Å². The van der Waals surface area contributed by atoms with Gasteiger partial charge in [0.25, 0.3) is 0 Å². The van der Waals surface area contributed by atoms with E-state index in [1.807, 2.05) is 37.7 Å². The van der Waals surface area contributed by atoms with Gasteiger partial charge in [-0.1, -0.05) is 6.07 Å². The van der Waals surface area contributed by atoms with E-state index in [0.29, 0.717) is 0 Å². The second-order valence-electron chi connectivity index (χ2n) is 4.60. The van der Waals surface area contributed by atoms with Crippen LogP contribution >= 0.6 is 15.9 Å². The van der Waals surface area contributed by atoms with Crippen LogP contribution in [0, 0.1) is 13.8 Å². The smallest absolute Gasteiger partial charge is 0.0738 e. The van der Waals surface area contributed by atoms with E-state index in [-0.39, 0.29) is 6.04 Å². The standard InChI is InChI=1S/C13H18BrN5/c1-8-5-4-6-16-13(8)10(17-15)7-11-12(14)9(2)18-19(11)3/h4-6,10,17H,7,15H2,1-3H3. The normalized spacial score (nSPS) is 12.7. The van der Waals surface area contributed by atoms with E-state index >= 15 is 0 Å². The number of pyridine rings is 1. The number of halogens is 1. The Balaban J connectivity index is 2.32. The molecule has 0 saturated carbocycles. The van der Waals surface area contributed by atoms with Crippen molar-refractivity contribution in [2.24, 2.45) is 12.9 Å².